The van der Waals surface area contributed by atoms with Gasteiger partial charge in [-0.2, -0.15) is 4.33 Å². The third-order valence-electron chi connectivity index (χ3n) is 5.45. The van der Waals surface area contributed by atoms with Crippen LogP contribution in [-0.2, 0) is 29.6 Å². The van der Waals surface area contributed by atoms with Gasteiger partial charge in [-0.15, -0.1) is 10.2 Å². The number of hydrogen-bond acceptors (Lipinski definition) is 15. The first-order valence-electron chi connectivity index (χ1n) is 11.2. The average Bonchev–Trinajstić information content (AvgIpc) is 2.91. The molecule has 0 saturated carbocycles. The molecule has 2 N–H and O–H groups in total. The minimum atomic E-state index is -4.97. The van der Waals surface area contributed by atoms with Gasteiger partial charge in [-0.05, 0) is 60.3 Å². The maximum atomic E-state index is 11.9. The topological polar surface area (TPSA) is 222 Å². The first kappa shape index (κ1) is 41.2. The molecule has 0 fully saturated rings. The number of fused-ring (bicyclic) bond motifs is 1. The Morgan fingerprint density at radius 2 is 1.59 bits per heavy atom. The number of rotatable bonds is 11. The van der Waals surface area contributed by atoms with Crippen LogP contribution in [0.3, 0.4) is 0 Å². The molecule has 0 aliphatic carbocycles. The average molecular weight is 690 g/mol. The van der Waals surface area contributed by atoms with Crippen molar-refractivity contribution in [2.24, 2.45) is 10.2 Å². The normalized spacial score (nSPS) is 11.4. The smallest absolute Gasteiger partial charge is 0.744 e. The molecule has 0 atom stereocenters. The Morgan fingerprint density at radius 3 is 2.20 bits per heavy atom. The largest absolute Gasteiger partial charge is 1.00 e. The summed E-state index contributed by atoms with van der Waals surface area (Å²) in [6.45, 7) is 1.33. The molecule has 216 valence electrons. The van der Waals surface area contributed by atoms with Gasteiger partial charge in [0.05, 0.1) is 26.7 Å². The van der Waals surface area contributed by atoms with Gasteiger partial charge in [-0.3, -0.25) is 5.04 Å². The Balaban J connectivity index is 0.00000323. The van der Waals surface area contributed by atoms with Crippen molar-refractivity contribution in [1.29, 1.82) is 0 Å². The van der Waals surface area contributed by atoms with Crippen LogP contribution >= 0.6 is 12.0 Å². The second-order valence-electron chi connectivity index (χ2n) is 8.22. The van der Waals surface area contributed by atoms with E-state index in [9.17, 15) is 36.3 Å². The van der Waals surface area contributed by atoms with Crippen molar-refractivity contribution in [2.45, 2.75) is 21.6 Å². The molecule has 0 saturated heterocycles. The quantitative estimate of drug-likeness (QED) is 0.0286. The van der Waals surface area contributed by atoms with Gasteiger partial charge < -0.3 is 29.5 Å². The van der Waals surface area contributed by atoms with E-state index < -0.39 is 35.8 Å². The summed E-state index contributed by atoms with van der Waals surface area (Å²) in [6, 6.07) is 15.5. The van der Waals surface area contributed by atoms with E-state index in [0.29, 0.717) is 11.3 Å². The molecule has 0 heterocycles. The van der Waals surface area contributed by atoms with Crippen LogP contribution in [-0.4, -0.2) is 37.8 Å². The van der Waals surface area contributed by atoms with Crippen molar-refractivity contribution in [2.75, 3.05) is 12.0 Å². The molecule has 0 unspecified atom stereocenters. The molecule has 14 nitrogen and oxygen atoms in total. The van der Waals surface area contributed by atoms with Gasteiger partial charge in [0, 0.05) is 11.1 Å². The van der Waals surface area contributed by atoms with Gasteiger partial charge in [0.2, 0.25) is 0 Å². The van der Waals surface area contributed by atoms with Crippen LogP contribution in [0.4, 0.5) is 17.1 Å². The van der Waals surface area contributed by atoms with Gasteiger partial charge in [0.1, 0.15) is 37.4 Å². The van der Waals surface area contributed by atoms with E-state index in [1.165, 1.54) is 18.2 Å². The van der Waals surface area contributed by atoms with E-state index in [2.05, 4.69) is 24.9 Å². The fourth-order valence-corrected chi connectivity index (χ4v) is 5.40. The summed E-state index contributed by atoms with van der Waals surface area (Å²) in [5.74, 6) is -0.176. The maximum absolute atomic E-state index is 11.9. The van der Waals surface area contributed by atoms with Crippen molar-refractivity contribution < 1.29 is 139 Å². The molecule has 0 radical (unpaired) electrons. The van der Waals surface area contributed by atoms with E-state index in [-0.39, 0.29) is 140 Å². The summed E-state index contributed by atoms with van der Waals surface area (Å²) in [7, 11) is -9.92. The molecule has 0 spiro atoms. The number of phenolic OH excluding ortho intramolecular Hbond substituents is 1. The molecule has 0 bridgehead atoms. The number of azo groups is 1. The standard InChI is InChI=1S/C24H21N3O11S3.3Na/c1-14-7-8-18(21(9-14)41(33,34)35)26-27-23-20(39-38-37-29)11-15-10-17(40(30,31)32)12-19(22(15)24(23)28)25-13-36-16-5-3-2-4-6-16;;;/h2-12,25,28-29H,13H2,1H3,(H,30,31,32)(H,33,34,35);;;/q;3*+1/p-3. The molecule has 4 aromatic rings. The second kappa shape index (κ2) is 17.9. The van der Waals surface area contributed by atoms with Gasteiger partial charge >= 0.3 is 88.7 Å². The summed E-state index contributed by atoms with van der Waals surface area (Å²) >= 11 is 0.257. The van der Waals surface area contributed by atoms with E-state index >= 15 is 0 Å². The fraction of sp³-hybridized carbons (Fsp3) is 0.0833. The van der Waals surface area contributed by atoms with Crippen LogP contribution in [0, 0.1) is 6.92 Å². The minimum Gasteiger partial charge on any atom is -0.744 e. The predicted molar refractivity (Wildman–Crippen MR) is 140 cm³/mol. The molecule has 0 aromatic heterocycles. The van der Waals surface area contributed by atoms with Crippen LogP contribution in [0.5, 0.6) is 11.5 Å². The maximum Gasteiger partial charge on any atom is 1.00 e. The van der Waals surface area contributed by atoms with Crippen LogP contribution < -0.4 is 104 Å². The van der Waals surface area contributed by atoms with Crippen LogP contribution in [0.25, 0.3) is 10.8 Å². The van der Waals surface area contributed by atoms with Gasteiger partial charge in [0.25, 0.3) is 0 Å². The summed E-state index contributed by atoms with van der Waals surface area (Å²) < 4.78 is 80.7. The van der Waals surface area contributed by atoms with E-state index in [1.54, 1.807) is 37.3 Å². The summed E-state index contributed by atoms with van der Waals surface area (Å²) in [6.07, 6.45) is 0. The monoisotopic (exact) mass is 689 g/mol. The third kappa shape index (κ3) is 10.6. The number of nitrogens with one attached hydrogen (secondary N) is 1. The third-order valence-corrected chi connectivity index (χ3v) is 7.74. The van der Waals surface area contributed by atoms with E-state index in [4.69, 9.17) is 4.74 Å². The summed E-state index contributed by atoms with van der Waals surface area (Å²) in [4.78, 5) is -1.47. The van der Waals surface area contributed by atoms with Crippen molar-refractivity contribution in [3.05, 3.63) is 72.3 Å². The molecule has 0 amide bonds. The minimum absolute atomic E-state index is 0. The van der Waals surface area contributed by atoms with Crippen molar-refractivity contribution >= 4 is 60.1 Å². The Labute approximate surface area is 323 Å². The Hall–Kier alpha value is -0.810. The summed E-state index contributed by atoms with van der Waals surface area (Å²) in [5.41, 5.74) is -0.317. The number of para-hydroxylation sites is 1. The number of benzene rings is 4. The van der Waals surface area contributed by atoms with E-state index in [0.717, 1.165) is 18.2 Å². The number of aromatic hydroxyl groups is 1. The Morgan fingerprint density at radius 1 is 0.909 bits per heavy atom. The second-order valence-corrected chi connectivity index (χ2v) is 11.7. The number of nitrogens with zero attached hydrogens (tertiary/aromatic N) is 2. The van der Waals surface area contributed by atoms with Crippen LogP contribution in [0.15, 0.2) is 91.6 Å². The molecule has 20 heteroatoms. The zero-order valence-corrected chi connectivity index (χ0v) is 32.2. The van der Waals surface area contributed by atoms with Crippen LogP contribution in [0.1, 0.15) is 5.56 Å². The summed E-state index contributed by atoms with van der Waals surface area (Å²) in [5, 5.41) is 35.6. The molecule has 4 rings (SSSR count). The van der Waals surface area contributed by atoms with Crippen molar-refractivity contribution in [3.8, 4) is 11.5 Å². The molecule has 0 aliphatic rings. The van der Waals surface area contributed by atoms with E-state index in [1.807, 2.05) is 0 Å². The first-order valence-corrected chi connectivity index (χ1v) is 14.8. The number of anilines is 1. The molecule has 44 heavy (non-hydrogen) atoms. The molecular weight excluding hydrogens is 671 g/mol. The molecule has 4 aromatic carbocycles. The number of hydrogen-bond donors (Lipinski definition) is 2. The van der Waals surface area contributed by atoms with Crippen molar-refractivity contribution in [3.63, 3.8) is 0 Å². The zero-order chi connectivity index (χ0) is 29.8. The number of ether oxygens (including phenoxy) is 1. The predicted octanol–water partition coefficient (Wildman–Crippen LogP) is -5.23. The first-order chi connectivity index (χ1) is 19.4. The number of aryl methyl sites for hydroxylation is 1. The molecular formula is C24H18N3Na3O11S3. The van der Waals surface area contributed by atoms with Crippen molar-refractivity contribution in [1.82, 2.24) is 0 Å². The zero-order valence-electron chi connectivity index (χ0n) is 23.7. The Kier molecular flexibility index (Phi) is 16.8. The molecule has 0 aliphatic heterocycles. The fourth-order valence-electron chi connectivity index (χ4n) is 3.68. The Bertz CT molecular complexity index is 1850. The van der Waals surface area contributed by atoms with Crippen LogP contribution in [0.2, 0.25) is 0 Å². The number of phenols is 1. The van der Waals surface area contributed by atoms with Gasteiger partial charge in [-0.1, -0.05) is 24.3 Å². The SMILES string of the molecule is Cc1ccc(N=Nc2c(SOO[O-])cc3cc(S(=O)(=O)[O-])cc(NCOc4ccccc4)c3c2O)c(S(=O)(=O)[O-])c1.[Na+].[Na+].[Na+]. The van der Waals surface area contributed by atoms with Gasteiger partial charge in [0.15, 0.2) is 12.5 Å². The van der Waals surface area contributed by atoms with Gasteiger partial charge in [-0.25, -0.2) is 16.8 Å².